The van der Waals surface area contributed by atoms with Crippen molar-refractivity contribution in [3.8, 4) is 5.69 Å². The number of hydrogen-bond acceptors (Lipinski definition) is 5. The van der Waals surface area contributed by atoms with Gasteiger partial charge in [-0.25, -0.2) is 24.4 Å². The van der Waals surface area contributed by atoms with E-state index in [9.17, 15) is 4.79 Å². The van der Waals surface area contributed by atoms with Gasteiger partial charge in [0.2, 0.25) is 0 Å². The first-order valence-corrected chi connectivity index (χ1v) is 9.48. The van der Waals surface area contributed by atoms with Crippen molar-refractivity contribution in [2.75, 3.05) is 18.0 Å². The maximum atomic E-state index is 12.4. The molecule has 1 aliphatic rings. The van der Waals surface area contributed by atoms with Gasteiger partial charge in [-0.3, -0.25) is 0 Å². The van der Waals surface area contributed by atoms with Crippen LogP contribution in [-0.4, -0.2) is 37.8 Å². The molecule has 27 heavy (non-hydrogen) atoms. The van der Waals surface area contributed by atoms with Crippen LogP contribution in [0.25, 0.3) is 5.69 Å². The van der Waals surface area contributed by atoms with Crippen molar-refractivity contribution in [3.63, 3.8) is 0 Å². The molecular formula is C20H24N6O. The van der Waals surface area contributed by atoms with Crippen molar-refractivity contribution in [3.05, 3.63) is 64.2 Å². The van der Waals surface area contributed by atoms with Gasteiger partial charge in [0, 0.05) is 30.8 Å². The second-order valence-electron chi connectivity index (χ2n) is 6.96. The van der Waals surface area contributed by atoms with Gasteiger partial charge < -0.3 is 4.90 Å². The van der Waals surface area contributed by atoms with Crippen LogP contribution in [0.2, 0.25) is 0 Å². The number of aromatic amines is 1. The first-order valence-electron chi connectivity index (χ1n) is 9.48. The van der Waals surface area contributed by atoms with Gasteiger partial charge in [-0.2, -0.15) is 5.10 Å². The molecule has 1 aliphatic heterocycles. The predicted octanol–water partition coefficient (Wildman–Crippen LogP) is 2.61. The number of nitrogens with zero attached hydrogens (tertiary/aromatic N) is 5. The summed E-state index contributed by atoms with van der Waals surface area (Å²) in [5, 5.41) is 6.99. The highest BCUT2D eigenvalue weighted by molar-refractivity contribution is 5.41. The highest BCUT2D eigenvalue weighted by Gasteiger charge is 2.27. The molecule has 0 saturated carbocycles. The number of H-pyrrole nitrogens is 1. The van der Waals surface area contributed by atoms with Crippen LogP contribution in [0.5, 0.6) is 0 Å². The van der Waals surface area contributed by atoms with Gasteiger partial charge in [-0.05, 0) is 38.3 Å². The third-order valence-corrected chi connectivity index (χ3v) is 5.06. The fraction of sp³-hybridized carbons (Fsp3) is 0.400. The second kappa shape index (κ2) is 7.34. The van der Waals surface area contributed by atoms with Crippen LogP contribution in [-0.2, 0) is 6.42 Å². The zero-order valence-corrected chi connectivity index (χ0v) is 15.7. The highest BCUT2D eigenvalue weighted by atomic mass is 16.1. The number of benzene rings is 1. The summed E-state index contributed by atoms with van der Waals surface area (Å²) in [6.45, 7) is 5.78. The summed E-state index contributed by atoms with van der Waals surface area (Å²) < 4.78 is 1.69. The average molecular weight is 364 g/mol. The minimum atomic E-state index is -0.195. The van der Waals surface area contributed by atoms with Crippen molar-refractivity contribution >= 4 is 5.82 Å². The van der Waals surface area contributed by atoms with Crippen LogP contribution in [0.15, 0.2) is 41.2 Å². The number of anilines is 1. The third-order valence-electron chi connectivity index (χ3n) is 5.06. The Balaban J connectivity index is 1.65. The van der Waals surface area contributed by atoms with Gasteiger partial charge in [0.05, 0.1) is 5.69 Å². The Hall–Kier alpha value is -2.96. The Kier molecular flexibility index (Phi) is 4.75. The molecule has 0 spiro atoms. The first kappa shape index (κ1) is 17.5. The predicted molar refractivity (Wildman–Crippen MR) is 105 cm³/mol. The van der Waals surface area contributed by atoms with E-state index in [1.54, 1.807) is 4.57 Å². The normalized spacial score (nSPS) is 17.3. The largest absolute Gasteiger partial charge is 0.356 e. The van der Waals surface area contributed by atoms with Crippen LogP contribution in [0.3, 0.4) is 0 Å². The van der Waals surface area contributed by atoms with Gasteiger partial charge in [0.1, 0.15) is 17.5 Å². The average Bonchev–Trinajstić information content (AvgIpc) is 3.09. The minimum Gasteiger partial charge on any atom is -0.356 e. The maximum absolute atomic E-state index is 12.4. The Morgan fingerprint density at radius 1 is 1.22 bits per heavy atom. The molecule has 0 bridgehead atoms. The van der Waals surface area contributed by atoms with E-state index in [2.05, 4.69) is 38.1 Å². The first-order chi connectivity index (χ1) is 13.2. The van der Waals surface area contributed by atoms with E-state index < -0.39 is 0 Å². The fourth-order valence-corrected chi connectivity index (χ4v) is 3.76. The van der Waals surface area contributed by atoms with E-state index in [1.807, 2.05) is 37.3 Å². The summed E-state index contributed by atoms with van der Waals surface area (Å²) in [5.74, 6) is 2.72. The van der Waals surface area contributed by atoms with Crippen molar-refractivity contribution in [1.82, 2.24) is 24.7 Å². The van der Waals surface area contributed by atoms with E-state index >= 15 is 0 Å². The molecule has 7 heteroatoms. The van der Waals surface area contributed by atoms with Crippen LogP contribution in [0, 0.1) is 6.92 Å². The lowest BCUT2D eigenvalue weighted by Crippen LogP contribution is -2.36. The number of rotatable bonds is 4. The number of hydrogen-bond donors (Lipinski definition) is 1. The fourth-order valence-electron chi connectivity index (χ4n) is 3.76. The van der Waals surface area contributed by atoms with Gasteiger partial charge in [-0.1, -0.05) is 25.1 Å². The number of nitrogens with one attached hydrogen (secondary N) is 1. The zero-order valence-electron chi connectivity index (χ0n) is 15.7. The Morgan fingerprint density at radius 3 is 2.81 bits per heavy atom. The van der Waals surface area contributed by atoms with E-state index in [4.69, 9.17) is 0 Å². The molecule has 2 aromatic heterocycles. The molecule has 1 atom stereocenters. The van der Waals surface area contributed by atoms with E-state index in [1.165, 1.54) is 0 Å². The molecule has 0 aliphatic carbocycles. The molecule has 1 aromatic carbocycles. The molecular weight excluding hydrogens is 340 g/mol. The quantitative estimate of drug-likeness (QED) is 0.770. The summed E-state index contributed by atoms with van der Waals surface area (Å²) in [6.07, 6.45) is 2.92. The molecule has 0 amide bonds. The third kappa shape index (κ3) is 3.49. The zero-order chi connectivity index (χ0) is 18.8. The molecule has 0 radical (unpaired) electrons. The molecule has 1 fully saturated rings. The van der Waals surface area contributed by atoms with Gasteiger partial charge in [0.25, 0.3) is 0 Å². The Bertz CT molecular complexity index is 978. The van der Waals surface area contributed by atoms with Crippen LogP contribution in [0.1, 0.15) is 43.0 Å². The van der Waals surface area contributed by atoms with Crippen molar-refractivity contribution < 1.29 is 0 Å². The molecule has 3 aromatic rings. The topological polar surface area (TPSA) is 79.7 Å². The summed E-state index contributed by atoms with van der Waals surface area (Å²) >= 11 is 0. The van der Waals surface area contributed by atoms with E-state index in [0.717, 1.165) is 61.2 Å². The van der Waals surface area contributed by atoms with Crippen LogP contribution < -0.4 is 10.6 Å². The lowest BCUT2D eigenvalue weighted by atomic mass is 9.97. The van der Waals surface area contributed by atoms with Crippen molar-refractivity contribution in [1.29, 1.82) is 0 Å². The molecule has 1 N–H and O–H groups in total. The van der Waals surface area contributed by atoms with Crippen LogP contribution >= 0.6 is 0 Å². The molecule has 140 valence electrons. The monoisotopic (exact) mass is 364 g/mol. The SMILES string of the molecule is CCc1cc(N2CCC[C@H](c3n[nH]c(=O)n3-c3ccccc3)C2)nc(C)n1. The summed E-state index contributed by atoms with van der Waals surface area (Å²) in [6, 6.07) is 11.7. The highest BCUT2D eigenvalue weighted by Crippen LogP contribution is 2.29. The maximum Gasteiger partial charge on any atom is 0.347 e. The molecule has 0 unspecified atom stereocenters. The summed E-state index contributed by atoms with van der Waals surface area (Å²) in [4.78, 5) is 23.8. The Labute approximate surface area is 158 Å². The molecule has 4 rings (SSSR count). The van der Waals surface area contributed by atoms with Crippen molar-refractivity contribution in [2.45, 2.75) is 39.0 Å². The number of aryl methyl sites for hydroxylation is 2. The van der Waals surface area contributed by atoms with Gasteiger partial charge in [-0.15, -0.1) is 0 Å². The summed E-state index contributed by atoms with van der Waals surface area (Å²) in [5.41, 5.74) is 1.70. The van der Waals surface area contributed by atoms with Crippen molar-refractivity contribution in [2.24, 2.45) is 0 Å². The number of aromatic nitrogens is 5. The molecule has 1 saturated heterocycles. The second-order valence-corrected chi connectivity index (χ2v) is 6.96. The van der Waals surface area contributed by atoms with Crippen LogP contribution in [0.4, 0.5) is 5.82 Å². The standard InChI is InChI=1S/C20H24N6O/c1-3-16-12-18(22-14(2)21-16)25-11-7-8-15(13-25)19-23-24-20(27)26(19)17-9-5-4-6-10-17/h4-6,9-10,12,15H,3,7-8,11,13H2,1-2H3,(H,24,27)/t15-/m0/s1. The number of piperidine rings is 1. The smallest absolute Gasteiger partial charge is 0.347 e. The summed E-state index contributed by atoms with van der Waals surface area (Å²) in [7, 11) is 0. The van der Waals surface area contributed by atoms with E-state index in [-0.39, 0.29) is 11.6 Å². The van der Waals surface area contributed by atoms with Gasteiger partial charge >= 0.3 is 5.69 Å². The van der Waals surface area contributed by atoms with Gasteiger partial charge in [0.15, 0.2) is 0 Å². The lowest BCUT2D eigenvalue weighted by Gasteiger charge is -2.33. The minimum absolute atomic E-state index is 0.165. The Morgan fingerprint density at radius 2 is 2.04 bits per heavy atom. The number of para-hydroxylation sites is 1. The lowest BCUT2D eigenvalue weighted by molar-refractivity contribution is 0.482. The molecule has 7 nitrogen and oxygen atoms in total. The molecule has 3 heterocycles. The van der Waals surface area contributed by atoms with E-state index in [0.29, 0.717) is 0 Å².